The first-order valence-electron chi connectivity index (χ1n) is 7.15. The third-order valence-electron chi connectivity index (χ3n) is 4.19. The molecule has 0 aliphatic heterocycles. The molecule has 2 aromatic rings. The van der Waals surface area contributed by atoms with Gasteiger partial charge in [0.05, 0.1) is 10.7 Å². The number of carbonyl (C=O) groups is 1. The van der Waals surface area contributed by atoms with Crippen LogP contribution in [0.25, 0.3) is 11.3 Å². The summed E-state index contributed by atoms with van der Waals surface area (Å²) < 4.78 is 0. The summed E-state index contributed by atoms with van der Waals surface area (Å²) in [6.07, 6.45) is 2.43. The van der Waals surface area contributed by atoms with Gasteiger partial charge in [0.25, 0.3) is 5.91 Å². The molecule has 1 aliphatic rings. The molecular formula is C16H18ClN3O. The van der Waals surface area contributed by atoms with Crippen LogP contribution < -0.4 is 0 Å². The highest BCUT2D eigenvalue weighted by atomic mass is 35.5. The van der Waals surface area contributed by atoms with Crippen LogP contribution in [0.3, 0.4) is 0 Å². The van der Waals surface area contributed by atoms with Gasteiger partial charge in [-0.05, 0) is 37.8 Å². The summed E-state index contributed by atoms with van der Waals surface area (Å²) in [6.45, 7) is 2.10. The van der Waals surface area contributed by atoms with Crippen molar-refractivity contribution < 1.29 is 4.79 Å². The number of hydrogen-bond donors (Lipinski definition) is 1. The second-order valence-electron chi connectivity index (χ2n) is 5.64. The van der Waals surface area contributed by atoms with Crippen molar-refractivity contribution >= 4 is 17.5 Å². The summed E-state index contributed by atoms with van der Waals surface area (Å²) in [6, 6.07) is 9.51. The van der Waals surface area contributed by atoms with Gasteiger partial charge in [0, 0.05) is 18.7 Å². The molecule has 1 atom stereocenters. The number of hydrogen-bond acceptors (Lipinski definition) is 2. The second kappa shape index (κ2) is 5.53. The zero-order valence-corrected chi connectivity index (χ0v) is 12.9. The number of nitrogens with one attached hydrogen (secondary N) is 1. The minimum Gasteiger partial charge on any atom is -0.337 e. The van der Waals surface area contributed by atoms with E-state index in [1.807, 2.05) is 31.3 Å². The maximum atomic E-state index is 12.5. The second-order valence-corrected chi connectivity index (χ2v) is 6.05. The van der Waals surface area contributed by atoms with Crippen molar-refractivity contribution in [3.63, 3.8) is 0 Å². The fourth-order valence-corrected chi connectivity index (χ4v) is 2.74. The Morgan fingerprint density at radius 3 is 2.81 bits per heavy atom. The van der Waals surface area contributed by atoms with Crippen LogP contribution in [0.15, 0.2) is 30.3 Å². The van der Waals surface area contributed by atoms with E-state index in [2.05, 4.69) is 17.1 Å². The van der Waals surface area contributed by atoms with Gasteiger partial charge < -0.3 is 4.90 Å². The molecule has 1 saturated carbocycles. The van der Waals surface area contributed by atoms with Crippen molar-refractivity contribution in [2.45, 2.75) is 25.8 Å². The van der Waals surface area contributed by atoms with Crippen molar-refractivity contribution in [2.24, 2.45) is 5.92 Å². The standard InChI is InChI=1S/C16H18ClN3O/c1-10(11-7-8-11)20(2)16(21)15-9-14(18-19-15)12-5-3-4-6-13(12)17/h3-6,9-11H,7-8H2,1-2H3,(H,18,19)/t10-/m1/s1. The summed E-state index contributed by atoms with van der Waals surface area (Å²) in [4.78, 5) is 14.3. The Morgan fingerprint density at radius 1 is 1.43 bits per heavy atom. The molecule has 21 heavy (non-hydrogen) atoms. The van der Waals surface area contributed by atoms with Gasteiger partial charge in [-0.2, -0.15) is 5.10 Å². The maximum absolute atomic E-state index is 12.5. The number of aromatic amines is 1. The van der Waals surface area contributed by atoms with Crippen LogP contribution in [0.4, 0.5) is 0 Å². The van der Waals surface area contributed by atoms with E-state index in [4.69, 9.17) is 11.6 Å². The van der Waals surface area contributed by atoms with E-state index in [0.29, 0.717) is 22.3 Å². The third kappa shape index (κ3) is 2.81. The van der Waals surface area contributed by atoms with Crippen LogP contribution in [0.2, 0.25) is 5.02 Å². The Bertz CT molecular complexity index is 663. The Labute approximate surface area is 129 Å². The van der Waals surface area contributed by atoms with E-state index in [1.165, 1.54) is 12.8 Å². The van der Waals surface area contributed by atoms with Crippen molar-refractivity contribution in [3.05, 3.63) is 41.0 Å². The van der Waals surface area contributed by atoms with Gasteiger partial charge in [-0.15, -0.1) is 0 Å². The molecule has 110 valence electrons. The molecular weight excluding hydrogens is 286 g/mol. The number of carbonyl (C=O) groups excluding carboxylic acids is 1. The fourth-order valence-electron chi connectivity index (χ4n) is 2.51. The van der Waals surface area contributed by atoms with Gasteiger partial charge in [-0.25, -0.2) is 0 Å². The number of H-pyrrole nitrogens is 1. The van der Waals surface area contributed by atoms with Crippen LogP contribution in [0, 0.1) is 5.92 Å². The van der Waals surface area contributed by atoms with Gasteiger partial charge in [-0.1, -0.05) is 29.8 Å². The zero-order valence-electron chi connectivity index (χ0n) is 12.1. The van der Waals surface area contributed by atoms with Gasteiger partial charge in [0.2, 0.25) is 0 Å². The first-order chi connectivity index (χ1) is 10.1. The first kappa shape index (κ1) is 14.1. The quantitative estimate of drug-likeness (QED) is 0.938. The van der Waals surface area contributed by atoms with Crippen molar-refractivity contribution in [1.29, 1.82) is 0 Å². The van der Waals surface area contributed by atoms with E-state index >= 15 is 0 Å². The summed E-state index contributed by atoms with van der Waals surface area (Å²) in [5.41, 5.74) is 2.02. The molecule has 0 spiro atoms. The SMILES string of the molecule is C[C@H](C1CC1)N(C)C(=O)c1cc(-c2ccccc2Cl)n[nH]1. The Kier molecular flexibility index (Phi) is 3.72. The predicted molar refractivity (Wildman–Crippen MR) is 83.3 cm³/mol. The third-order valence-corrected chi connectivity index (χ3v) is 4.52. The lowest BCUT2D eigenvalue weighted by Crippen LogP contribution is -2.36. The molecule has 1 heterocycles. The molecule has 0 radical (unpaired) electrons. The maximum Gasteiger partial charge on any atom is 0.271 e. The van der Waals surface area contributed by atoms with E-state index < -0.39 is 0 Å². The molecule has 0 saturated heterocycles. The number of amides is 1. The average molecular weight is 304 g/mol. The molecule has 5 heteroatoms. The summed E-state index contributed by atoms with van der Waals surface area (Å²) in [5.74, 6) is 0.616. The van der Waals surface area contributed by atoms with Gasteiger partial charge in [0.1, 0.15) is 5.69 Å². The molecule has 0 unspecified atom stereocenters. The van der Waals surface area contributed by atoms with Gasteiger partial charge in [-0.3, -0.25) is 9.89 Å². The van der Waals surface area contributed by atoms with Crippen LogP contribution in [-0.2, 0) is 0 Å². The fraction of sp³-hybridized carbons (Fsp3) is 0.375. The normalized spacial score (nSPS) is 15.8. The lowest BCUT2D eigenvalue weighted by atomic mass is 10.1. The van der Waals surface area contributed by atoms with Crippen LogP contribution in [0.5, 0.6) is 0 Å². The molecule has 1 amide bonds. The summed E-state index contributed by atoms with van der Waals surface area (Å²) in [5, 5.41) is 7.67. The van der Waals surface area contributed by atoms with Crippen LogP contribution >= 0.6 is 11.6 Å². The molecule has 1 aromatic carbocycles. The Hall–Kier alpha value is -1.81. The van der Waals surface area contributed by atoms with Gasteiger partial charge >= 0.3 is 0 Å². The monoisotopic (exact) mass is 303 g/mol. The average Bonchev–Trinajstić information content (AvgIpc) is 3.23. The molecule has 1 fully saturated rings. The summed E-state index contributed by atoms with van der Waals surface area (Å²) >= 11 is 6.16. The molecule has 1 aliphatic carbocycles. The van der Waals surface area contributed by atoms with E-state index in [9.17, 15) is 4.79 Å². The number of benzene rings is 1. The van der Waals surface area contributed by atoms with Gasteiger partial charge in [0.15, 0.2) is 0 Å². The van der Waals surface area contributed by atoms with Crippen molar-refractivity contribution in [1.82, 2.24) is 15.1 Å². The van der Waals surface area contributed by atoms with Crippen LogP contribution in [0.1, 0.15) is 30.3 Å². The molecule has 3 rings (SSSR count). The number of nitrogens with zero attached hydrogens (tertiary/aromatic N) is 2. The van der Waals surface area contributed by atoms with E-state index in [0.717, 1.165) is 5.56 Å². The smallest absolute Gasteiger partial charge is 0.271 e. The highest BCUT2D eigenvalue weighted by molar-refractivity contribution is 6.33. The van der Waals surface area contributed by atoms with Crippen molar-refractivity contribution in [3.8, 4) is 11.3 Å². The lowest BCUT2D eigenvalue weighted by Gasteiger charge is -2.24. The van der Waals surface area contributed by atoms with Crippen LogP contribution in [-0.4, -0.2) is 34.1 Å². The molecule has 4 nitrogen and oxygen atoms in total. The summed E-state index contributed by atoms with van der Waals surface area (Å²) in [7, 11) is 1.85. The zero-order chi connectivity index (χ0) is 15.0. The Balaban J connectivity index is 1.81. The number of aromatic nitrogens is 2. The minimum atomic E-state index is -0.0276. The minimum absolute atomic E-state index is 0.0276. The predicted octanol–water partition coefficient (Wildman–Crippen LogP) is 3.60. The Morgan fingerprint density at radius 2 is 2.14 bits per heavy atom. The largest absolute Gasteiger partial charge is 0.337 e. The number of rotatable bonds is 4. The number of halogens is 1. The molecule has 0 bridgehead atoms. The topological polar surface area (TPSA) is 49.0 Å². The highest BCUT2D eigenvalue weighted by Crippen LogP contribution is 2.35. The van der Waals surface area contributed by atoms with E-state index in [1.54, 1.807) is 11.0 Å². The first-order valence-corrected chi connectivity index (χ1v) is 7.53. The lowest BCUT2D eigenvalue weighted by molar-refractivity contribution is 0.0721. The highest BCUT2D eigenvalue weighted by Gasteiger charge is 2.33. The van der Waals surface area contributed by atoms with Crippen molar-refractivity contribution in [2.75, 3.05) is 7.05 Å². The van der Waals surface area contributed by atoms with E-state index in [-0.39, 0.29) is 11.9 Å². The molecule has 1 N–H and O–H groups in total. The molecule has 1 aromatic heterocycles.